The number of benzene rings is 1. The first-order valence-corrected chi connectivity index (χ1v) is 9.71. The molecule has 164 valence electrons. The number of alkyl halides is 3. The van der Waals surface area contributed by atoms with E-state index < -0.39 is 17.6 Å². The average molecular weight is 440 g/mol. The molecule has 32 heavy (non-hydrogen) atoms. The molecule has 4 rings (SSSR count). The fourth-order valence-corrected chi connectivity index (χ4v) is 3.37. The van der Waals surface area contributed by atoms with E-state index in [0.717, 1.165) is 35.1 Å². The Bertz CT molecular complexity index is 1300. The van der Waals surface area contributed by atoms with Crippen LogP contribution in [0.1, 0.15) is 41.3 Å². The van der Waals surface area contributed by atoms with Gasteiger partial charge in [-0.2, -0.15) is 13.2 Å². The number of hydrogen-bond acceptors (Lipinski definition) is 5. The van der Waals surface area contributed by atoms with Gasteiger partial charge in [0.05, 0.1) is 11.1 Å². The highest BCUT2D eigenvalue weighted by Gasteiger charge is 2.30. The Hall–Kier alpha value is -3.95. The standard InChI is InChI=1S/C22H19F3N6O/c1-12(2)16-10-31(19-18(16)28-11-29-20(19)26)15-5-3-13(4-6-15)21(32)30-17-9-14(7-8-27-17)22(23,24)25/h3-12H,1-2H3,(H2,26,28,29)(H,27,30,32). The molecule has 0 atom stereocenters. The van der Waals surface area contributed by atoms with Crippen molar-refractivity contribution in [1.82, 2.24) is 19.5 Å². The lowest BCUT2D eigenvalue weighted by atomic mass is 10.1. The number of nitrogen functional groups attached to an aromatic ring is 1. The monoisotopic (exact) mass is 440 g/mol. The van der Waals surface area contributed by atoms with Crippen LogP contribution in [-0.2, 0) is 6.18 Å². The number of pyridine rings is 1. The predicted molar refractivity (Wildman–Crippen MR) is 115 cm³/mol. The first-order valence-electron chi connectivity index (χ1n) is 9.71. The van der Waals surface area contributed by atoms with Crippen LogP contribution in [0.3, 0.4) is 0 Å². The van der Waals surface area contributed by atoms with Crippen LogP contribution in [0.15, 0.2) is 55.1 Å². The third-order valence-corrected chi connectivity index (χ3v) is 4.99. The molecule has 0 spiro atoms. The van der Waals surface area contributed by atoms with Crippen LogP contribution in [0.25, 0.3) is 16.7 Å². The molecule has 3 aromatic heterocycles. The molecule has 1 amide bonds. The molecule has 0 radical (unpaired) electrons. The average Bonchev–Trinajstić information content (AvgIpc) is 3.15. The Kier molecular flexibility index (Phi) is 5.29. The minimum atomic E-state index is -4.52. The molecule has 1 aromatic carbocycles. The minimum Gasteiger partial charge on any atom is -0.382 e. The first kappa shape index (κ1) is 21.3. The van der Waals surface area contributed by atoms with Gasteiger partial charge in [0, 0.05) is 23.6 Å². The molecule has 0 aliphatic heterocycles. The molecule has 0 saturated heterocycles. The predicted octanol–water partition coefficient (Wildman–Crippen LogP) is 4.79. The number of rotatable bonds is 4. The van der Waals surface area contributed by atoms with Gasteiger partial charge in [0.25, 0.3) is 5.91 Å². The highest BCUT2D eigenvalue weighted by Crippen LogP contribution is 2.31. The normalized spacial score (nSPS) is 11.8. The Labute approximate surface area is 181 Å². The number of aromatic nitrogens is 4. The Morgan fingerprint density at radius 3 is 2.47 bits per heavy atom. The van der Waals surface area contributed by atoms with Crippen molar-refractivity contribution in [3.63, 3.8) is 0 Å². The van der Waals surface area contributed by atoms with Crippen molar-refractivity contribution in [3.05, 3.63) is 71.8 Å². The summed E-state index contributed by atoms with van der Waals surface area (Å²) in [6.07, 6.45) is -0.174. The van der Waals surface area contributed by atoms with E-state index in [0.29, 0.717) is 11.3 Å². The Morgan fingerprint density at radius 1 is 1.09 bits per heavy atom. The third-order valence-electron chi connectivity index (χ3n) is 4.99. The molecular weight excluding hydrogens is 421 g/mol. The van der Waals surface area contributed by atoms with E-state index in [2.05, 4.69) is 20.3 Å². The summed E-state index contributed by atoms with van der Waals surface area (Å²) in [6, 6.07) is 8.19. The summed E-state index contributed by atoms with van der Waals surface area (Å²) < 4.78 is 40.5. The SMILES string of the molecule is CC(C)c1cn(-c2ccc(C(=O)Nc3cc(C(F)(F)F)ccn3)cc2)c2c(N)ncnc12. The van der Waals surface area contributed by atoms with Gasteiger partial charge in [-0.15, -0.1) is 0 Å². The number of hydrogen-bond donors (Lipinski definition) is 2. The molecular formula is C22H19F3N6O. The Balaban J connectivity index is 1.63. The van der Waals surface area contributed by atoms with Crippen molar-refractivity contribution >= 4 is 28.6 Å². The summed E-state index contributed by atoms with van der Waals surface area (Å²) in [4.78, 5) is 24.7. The number of amides is 1. The zero-order chi connectivity index (χ0) is 23.0. The summed E-state index contributed by atoms with van der Waals surface area (Å²) >= 11 is 0. The van der Waals surface area contributed by atoms with Crippen LogP contribution < -0.4 is 11.1 Å². The number of nitrogens with one attached hydrogen (secondary N) is 1. The fraction of sp³-hybridized carbons (Fsp3) is 0.182. The van der Waals surface area contributed by atoms with E-state index in [-0.39, 0.29) is 17.3 Å². The van der Waals surface area contributed by atoms with E-state index in [1.54, 1.807) is 24.3 Å². The van der Waals surface area contributed by atoms with Crippen LogP contribution in [0.2, 0.25) is 0 Å². The van der Waals surface area contributed by atoms with Crippen molar-refractivity contribution in [3.8, 4) is 5.69 Å². The van der Waals surface area contributed by atoms with Crippen LogP contribution in [0.4, 0.5) is 24.8 Å². The number of halogens is 3. The van der Waals surface area contributed by atoms with Crippen LogP contribution in [0.5, 0.6) is 0 Å². The van der Waals surface area contributed by atoms with Crippen LogP contribution in [-0.4, -0.2) is 25.4 Å². The third kappa shape index (κ3) is 3.98. The summed E-state index contributed by atoms with van der Waals surface area (Å²) in [5.41, 5.74) is 8.63. The zero-order valence-corrected chi connectivity index (χ0v) is 17.2. The first-order chi connectivity index (χ1) is 15.1. The molecule has 10 heteroatoms. The smallest absolute Gasteiger partial charge is 0.382 e. The van der Waals surface area contributed by atoms with Gasteiger partial charge in [-0.1, -0.05) is 13.8 Å². The minimum absolute atomic E-state index is 0.184. The van der Waals surface area contributed by atoms with E-state index in [9.17, 15) is 18.0 Å². The number of nitrogens with two attached hydrogens (primary N) is 1. The van der Waals surface area contributed by atoms with Gasteiger partial charge in [0.15, 0.2) is 5.82 Å². The van der Waals surface area contributed by atoms with Gasteiger partial charge >= 0.3 is 6.18 Å². The van der Waals surface area contributed by atoms with Gasteiger partial charge in [0.2, 0.25) is 0 Å². The van der Waals surface area contributed by atoms with Gasteiger partial charge in [-0.3, -0.25) is 4.79 Å². The van der Waals surface area contributed by atoms with Crippen molar-refractivity contribution in [2.45, 2.75) is 25.9 Å². The van der Waals surface area contributed by atoms with Crippen molar-refractivity contribution in [2.75, 3.05) is 11.1 Å². The second kappa shape index (κ2) is 7.95. The molecule has 0 saturated carbocycles. The number of nitrogens with zero attached hydrogens (tertiary/aromatic N) is 4. The number of carbonyl (C=O) groups is 1. The summed E-state index contributed by atoms with van der Waals surface area (Å²) in [7, 11) is 0. The maximum absolute atomic E-state index is 12.9. The summed E-state index contributed by atoms with van der Waals surface area (Å²) in [5.74, 6) is -0.222. The van der Waals surface area contributed by atoms with E-state index in [1.165, 1.54) is 6.33 Å². The lowest BCUT2D eigenvalue weighted by Gasteiger charge is -2.10. The van der Waals surface area contributed by atoms with Crippen molar-refractivity contribution in [2.24, 2.45) is 0 Å². The van der Waals surface area contributed by atoms with E-state index >= 15 is 0 Å². The molecule has 3 N–H and O–H groups in total. The molecule has 3 heterocycles. The molecule has 0 bridgehead atoms. The second-order valence-corrected chi connectivity index (χ2v) is 7.49. The van der Waals surface area contributed by atoms with Crippen molar-refractivity contribution in [1.29, 1.82) is 0 Å². The van der Waals surface area contributed by atoms with Gasteiger partial charge in [-0.05, 0) is 47.9 Å². The molecule has 0 unspecified atom stereocenters. The van der Waals surface area contributed by atoms with E-state index in [4.69, 9.17) is 5.73 Å². The van der Waals surface area contributed by atoms with Gasteiger partial charge < -0.3 is 15.6 Å². The maximum atomic E-state index is 12.9. The quantitative estimate of drug-likeness (QED) is 0.475. The molecule has 0 aliphatic rings. The summed E-state index contributed by atoms with van der Waals surface area (Å²) in [6.45, 7) is 4.10. The zero-order valence-electron chi connectivity index (χ0n) is 17.2. The maximum Gasteiger partial charge on any atom is 0.416 e. The largest absolute Gasteiger partial charge is 0.416 e. The lowest BCUT2D eigenvalue weighted by Crippen LogP contribution is -2.14. The highest BCUT2D eigenvalue weighted by molar-refractivity contribution is 6.04. The van der Waals surface area contributed by atoms with Gasteiger partial charge in [0.1, 0.15) is 17.7 Å². The second-order valence-electron chi connectivity index (χ2n) is 7.49. The fourth-order valence-electron chi connectivity index (χ4n) is 3.37. The van der Waals surface area contributed by atoms with Crippen molar-refractivity contribution < 1.29 is 18.0 Å². The molecule has 0 aliphatic carbocycles. The van der Waals surface area contributed by atoms with Crippen LogP contribution in [0, 0.1) is 0 Å². The van der Waals surface area contributed by atoms with Crippen LogP contribution >= 0.6 is 0 Å². The lowest BCUT2D eigenvalue weighted by molar-refractivity contribution is -0.137. The molecule has 4 aromatic rings. The highest BCUT2D eigenvalue weighted by atomic mass is 19.4. The topological polar surface area (TPSA) is 98.7 Å². The van der Waals surface area contributed by atoms with E-state index in [1.807, 2.05) is 24.6 Å². The number of fused-ring (bicyclic) bond motifs is 1. The number of anilines is 2. The number of carbonyl (C=O) groups excluding carboxylic acids is 1. The molecule has 7 nitrogen and oxygen atoms in total. The Morgan fingerprint density at radius 2 is 1.81 bits per heavy atom. The van der Waals surface area contributed by atoms with Gasteiger partial charge in [-0.25, -0.2) is 15.0 Å². The molecule has 0 fully saturated rings. The summed E-state index contributed by atoms with van der Waals surface area (Å²) in [5, 5.41) is 2.39.